The van der Waals surface area contributed by atoms with E-state index in [9.17, 15) is 4.79 Å². The van der Waals surface area contributed by atoms with Gasteiger partial charge in [-0.05, 0) is 49.4 Å². The average molecular weight is 360 g/mol. The number of methoxy groups -OCH3 is 1. The van der Waals surface area contributed by atoms with Crippen LogP contribution in [0.15, 0.2) is 65.5 Å². The SMILES string of the molecule is COc1ccc(NCc2cc3c(C)nn(-c4ccccc4)c3[nH]c2=O)cc1. The number of para-hydroxylation sites is 1. The first-order valence-corrected chi connectivity index (χ1v) is 8.70. The number of aromatic amines is 1. The fourth-order valence-electron chi connectivity index (χ4n) is 3.05. The van der Waals surface area contributed by atoms with Crippen LogP contribution in [-0.4, -0.2) is 21.9 Å². The number of hydrogen-bond donors (Lipinski definition) is 2. The molecule has 4 aromatic rings. The fraction of sp³-hybridized carbons (Fsp3) is 0.143. The van der Waals surface area contributed by atoms with Crippen LogP contribution in [0.25, 0.3) is 16.7 Å². The third-order valence-corrected chi connectivity index (χ3v) is 4.52. The Morgan fingerprint density at radius 3 is 2.56 bits per heavy atom. The Balaban J connectivity index is 1.65. The molecule has 0 unspecified atom stereocenters. The molecule has 2 N–H and O–H groups in total. The maximum absolute atomic E-state index is 12.6. The zero-order chi connectivity index (χ0) is 18.8. The first-order chi connectivity index (χ1) is 13.2. The van der Waals surface area contributed by atoms with E-state index in [1.54, 1.807) is 11.8 Å². The van der Waals surface area contributed by atoms with Crippen molar-refractivity contribution in [2.24, 2.45) is 0 Å². The molecule has 0 amide bonds. The summed E-state index contributed by atoms with van der Waals surface area (Å²) >= 11 is 0. The number of nitrogens with one attached hydrogen (secondary N) is 2. The molecule has 2 heterocycles. The minimum absolute atomic E-state index is 0.124. The molecule has 0 radical (unpaired) electrons. The van der Waals surface area contributed by atoms with Gasteiger partial charge in [0, 0.05) is 23.2 Å². The van der Waals surface area contributed by atoms with E-state index in [1.165, 1.54) is 0 Å². The summed E-state index contributed by atoms with van der Waals surface area (Å²) in [5.74, 6) is 0.795. The number of benzene rings is 2. The highest BCUT2D eigenvalue weighted by Crippen LogP contribution is 2.20. The molecule has 27 heavy (non-hydrogen) atoms. The molecule has 0 aliphatic carbocycles. The Hall–Kier alpha value is -3.54. The summed E-state index contributed by atoms with van der Waals surface area (Å²) in [5, 5.41) is 8.80. The molecular weight excluding hydrogens is 340 g/mol. The van der Waals surface area contributed by atoms with Gasteiger partial charge < -0.3 is 15.0 Å². The molecule has 0 spiro atoms. The number of nitrogens with zero attached hydrogens (tertiary/aromatic N) is 2. The van der Waals surface area contributed by atoms with Crippen molar-refractivity contribution in [3.8, 4) is 11.4 Å². The van der Waals surface area contributed by atoms with E-state index in [0.717, 1.165) is 28.2 Å². The van der Waals surface area contributed by atoms with Crippen LogP contribution in [0.4, 0.5) is 5.69 Å². The number of aromatic nitrogens is 3. The van der Waals surface area contributed by atoms with E-state index < -0.39 is 0 Å². The molecule has 0 fully saturated rings. The first-order valence-electron chi connectivity index (χ1n) is 8.70. The summed E-state index contributed by atoms with van der Waals surface area (Å²) < 4.78 is 6.93. The maximum atomic E-state index is 12.6. The molecule has 0 atom stereocenters. The molecule has 6 nitrogen and oxygen atoms in total. The van der Waals surface area contributed by atoms with Crippen LogP contribution in [0, 0.1) is 6.92 Å². The summed E-state index contributed by atoms with van der Waals surface area (Å²) in [6.07, 6.45) is 0. The summed E-state index contributed by atoms with van der Waals surface area (Å²) in [7, 11) is 1.63. The Morgan fingerprint density at radius 2 is 1.85 bits per heavy atom. The molecule has 0 saturated heterocycles. The maximum Gasteiger partial charge on any atom is 0.254 e. The summed E-state index contributed by atoms with van der Waals surface area (Å²) in [6, 6.07) is 19.3. The number of ether oxygens (including phenoxy) is 1. The molecule has 0 aliphatic heterocycles. The predicted molar refractivity (Wildman–Crippen MR) is 107 cm³/mol. The fourth-order valence-corrected chi connectivity index (χ4v) is 3.05. The van der Waals surface area contributed by atoms with Gasteiger partial charge in [-0.2, -0.15) is 5.10 Å². The van der Waals surface area contributed by atoms with Gasteiger partial charge in [-0.15, -0.1) is 0 Å². The second-order valence-electron chi connectivity index (χ2n) is 6.30. The minimum Gasteiger partial charge on any atom is -0.497 e. The van der Waals surface area contributed by atoms with E-state index in [4.69, 9.17) is 4.74 Å². The Kier molecular flexibility index (Phi) is 4.38. The molecular formula is C21H20N4O2. The van der Waals surface area contributed by atoms with Crippen molar-refractivity contribution in [2.75, 3.05) is 12.4 Å². The van der Waals surface area contributed by atoms with Crippen LogP contribution in [0.5, 0.6) is 5.75 Å². The van der Waals surface area contributed by atoms with Crippen LogP contribution in [0.2, 0.25) is 0 Å². The van der Waals surface area contributed by atoms with Gasteiger partial charge in [-0.3, -0.25) is 4.79 Å². The Labute approximate surface area is 156 Å². The Bertz CT molecular complexity index is 1130. The van der Waals surface area contributed by atoms with Crippen LogP contribution in [0.3, 0.4) is 0 Å². The summed E-state index contributed by atoms with van der Waals surface area (Å²) in [6.45, 7) is 2.37. The average Bonchev–Trinajstić information content (AvgIpc) is 3.03. The molecule has 136 valence electrons. The lowest BCUT2D eigenvalue weighted by molar-refractivity contribution is 0.415. The van der Waals surface area contributed by atoms with Crippen LogP contribution < -0.4 is 15.6 Å². The topological polar surface area (TPSA) is 71.9 Å². The lowest BCUT2D eigenvalue weighted by atomic mass is 10.2. The van der Waals surface area contributed by atoms with Gasteiger partial charge in [0.15, 0.2) is 0 Å². The van der Waals surface area contributed by atoms with Gasteiger partial charge in [0.05, 0.1) is 18.5 Å². The molecule has 2 aromatic carbocycles. The van der Waals surface area contributed by atoms with Gasteiger partial charge >= 0.3 is 0 Å². The van der Waals surface area contributed by atoms with E-state index in [-0.39, 0.29) is 5.56 Å². The van der Waals surface area contributed by atoms with Crippen LogP contribution >= 0.6 is 0 Å². The zero-order valence-corrected chi connectivity index (χ0v) is 15.2. The zero-order valence-electron chi connectivity index (χ0n) is 15.2. The summed E-state index contributed by atoms with van der Waals surface area (Å²) in [4.78, 5) is 15.6. The first kappa shape index (κ1) is 16.9. The van der Waals surface area contributed by atoms with Gasteiger partial charge in [0.25, 0.3) is 5.56 Å². The number of pyridine rings is 1. The second kappa shape index (κ2) is 6.99. The third kappa shape index (κ3) is 3.29. The van der Waals surface area contributed by atoms with E-state index in [1.807, 2.05) is 67.6 Å². The molecule has 0 bridgehead atoms. The normalized spacial score (nSPS) is 10.9. The lowest BCUT2D eigenvalue weighted by Gasteiger charge is -2.08. The number of anilines is 1. The Morgan fingerprint density at radius 1 is 1.11 bits per heavy atom. The van der Waals surface area contributed by atoms with Crippen molar-refractivity contribution in [3.63, 3.8) is 0 Å². The van der Waals surface area contributed by atoms with Crippen LogP contribution in [0.1, 0.15) is 11.3 Å². The van der Waals surface area contributed by atoms with Crippen molar-refractivity contribution < 1.29 is 4.74 Å². The number of fused-ring (bicyclic) bond motifs is 1. The lowest BCUT2D eigenvalue weighted by Crippen LogP contribution is -2.16. The van der Waals surface area contributed by atoms with Crippen molar-refractivity contribution in [2.45, 2.75) is 13.5 Å². The smallest absolute Gasteiger partial charge is 0.254 e. The van der Waals surface area contributed by atoms with E-state index in [2.05, 4.69) is 15.4 Å². The van der Waals surface area contributed by atoms with Gasteiger partial charge in [0.1, 0.15) is 11.4 Å². The van der Waals surface area contributed by atoms with Gasteiger partial charge in [-0.25, -0.2) is 4.68 Å². The largest absolute Gasteiger partial charge is 0.497 e. The number of H-pyrrole nitrogens is 1. The van der Waals surface area contributed by atoms with Crippen molar-refractivity contribution in [1.29, 1.82) is 0 Å². The number of hydrogen-bond acceptors (Lipinski definition) is 4. The molecule has 2 aromatic heterocycles. The van der Waals surface area contributed by atoms with E-state index >= 15 is 0 Å². The highest BCUT2D eigenvalue weighted by atomic mass is 16.5. The van der Waals surface area contributed by atoms with Crippen molar-refractivity contribution in [3.05, 3.63) is 82.3 Å². The molecule has 0 aliphatic rings. The van der Waals surface area contributed by atoms with Gasteiger partial charge in [-0.1, -0.05) is 18.2 Å². The monoisotopic (exact) mass is 360 g/mol. The van der Waals surface area contributed by atoms with Crippen molar-refractivity contribution >= 4 is 16.7 Å². The van der Waals surface area contributed by atoms with Crippen molar-refractivity contribution in [1.82, 2.24) is 14.8 Å². The minimum atomic E-state index is -0.124. The quantitative estimate of drug-likeness (QED) is 0.570. The second-order valence-corrected chi connectivity index (χ2v) is 6.30. The molecule has 0 saturated carbocycles. The molecule has 6 heteroatoms. The van der Waals surface area contributed by atoms with Crippen LogP contribution in [-0.2, 0) is 6.54 Å². The van der Waals surface area contributed by atoms with E-state index in [0.29, 0.717) is 17.8 Å². The predicted octanol–water partition coefficient (Wildman–Crippen LogP) is 3.64. The number of rotatable bonds is 5. The third-order valence-electron chi connectivity index (χ3n) is 4.52. The summed E-state index contributed by atoms with van der Waals surface area (Å²) in [5.41, 5.74) is 3.95. The standard InChI is InChI=1S/C21H20N4O2/c1-14-19-12-15(13-22-16-8-10-18(27-2)11-9-16)21(26)23-20(19)25(24-14)17-6-4-3-5-7-17/h3-12,22H,13H2,1-2H3,(H,23,26). The molecule has 4 rings (SSSR count). The van der Waals surface area contributed by atoms with Gasteiger partial charge in [0.2, 0.25) is 0 Å². The number of aryl methyl sites for hydroxylation is 1. The highest BCUT2D eigenvalue weighted by Gasteiger charge is 2.12. The highest BCUT2D eigenvalue weighted by molar-refractivity contribution is 5.80.